The molecule has 2 heterocycles. The van der Waals surface area contributed by atoms with Crippen LogP contribution >= 0.6 is 0 Å². The lowest BCUT2D eigenvalue weighted by Crippen LogP contribution is -2.09. The summed E-state index contributed by atoms with van der Waals surface area (Å²) in [5, 5.41) is 10.7. The first-order valence-electron chi connectivity index (χ1n) is 5.41. The molecule has 19 heavy (non-hydrogen) atoms. The van der Waals surface area contributed by atoms with Crippen LogP contribution in [-0.2, 0) is 12.6 Å². The van der Waals surface area contributed by atoms with Gasteiger partial charge in [-0.2, -0.15) is 13.2 Å². The Hall–Kier alpha value is -2.25. The summed E-state index contributed by atoms with van der Waals surface area (Å²) in [6.45, 7) is 1.71. The van der Waals surface area contributed by atoms with Gasteiger partial charge < -0.3 is 9.51 Å². The van der Waals surface area contributed by atoms with Gasteiger partial charge in [-0.15, -0.1) is 0 Å². The molecule has 0 spiro atoms. The van der Waals surface area contributed by atoms with Crippen molar-refractivity contribution < 1.29 is 23.1 Å². The van der Waals surface area contributed by atoms with Crippen LogP contribution in [0.4, 0.5) is 23.8 Å². The number of nitrogens with one attached hydrogen (secondary N) is 1. The third-order valence-corrected chi connectivity index (χ3v) is 2.61. The lowest BCUT2D eigenvalue weighted by molar-refractivity contribution is -0.136. The average Bonchev–Trinajstić information content (AvgIpc) is 2.63. The maximum absolute atomic E-state index is 12.8. The summed E-state index contributed by atoms with van der Waals surface area (Å²) in [7, 11) is 0. The number of halogens is 3. The smallest absolute Gasteiger partial charge is 0.419 e. The van der Waals surface area contributed by atoms with Crippen LogP contribution < -0.4 is 5.32 Å². The molecule has 0 atom stereocenters. The van der Waals surface area contributed by atoms with E-state index in [-0.39, 0.29) is 11.5 Å². The van der Waals surface area contributed by atoms with Gasteiger partial charge in [0, 0.05) is 6.20 Å². The molecule has 0 saturated heterocycles. The van der Waals surface area contributed by atoms with E-state index >= 15 is 0 Å². The maximum atomic E-state index is 12.8. The van der Waals surface area contributed by atoms with Gasteiger partial charge in [0.1, 0.15) is 0 Å². The Balaban J connectivity index is 2.71. The fraction of sp³-hybridized carbons (Fsp3) is 0.273. The van der Waals surface area contributed by atoms with Crippen LogP contribution in [0, 0.1) is 0 Å². The first-order chi connectivity index (χ1) is 8.84. The highest BCUT2D eigenvalue weighted by molar-refractivity contribution is 5.83. The number of rotatable bonds is 2. The Morgan fingerprint density at radius 3 is 2.74 bits per heavy atom. The minimum atomic E-state index is -4.54. The number of alkyl halides is 3. The summed E-state index contributed by atoms with van der Waals surface area (Å²) < 4.78 is 39.7. The highest BCUT2D eigenvalue weighted by Crippen LogP contribution is 2.33. The minimum Gasteiger partial charge on any atom is -0.465 e. The van der Waals surface area contributed by atoms with Gasteiger partial charge in [-0.05, 0) is 18.6 Å². The number of imidazole rings is 1. The number of aryl methyl sites for hydroxylation is 1. The molecule has 2 aromatic rings. The molecule has 2 rings (SSSR count). The third-order valence-electron chi connectivity index (χ3n) is 2.61. The molecule has 0 bridgehead atoms. The summed E-state index contributed by atoms with van der Waals surface area (Å²) >= 11 is 0. The zero-order chi connectivity index (χ0) is 14.2. The normalized spacial score (nSPS) is 11.8. The van der Waals surface area contributed by atoms with Crippen molar-refractivity contribution in [2.75, 3.05) is 5.32 Å². The number of amides is 1. The first-order valence-corrected chi connectivity index (χ1v) is 5.41. The van der Waals surface area contributed by atoms with Gasteiger partial charge in [0.2, 0.25) is 0 Å². The fourth-order valence-electron chi connectivity index (χ4n) is 1.88. The van der Waals surface area contributed by atoms with Gasteiger partial charge in [-0.25, -0.2) is 9.78 Å². The summed E-state index contributed by atoms with van der Waals surface area (Å²) in [6, 6.07) is 2.16. The van der Waals surface area contributed by atoms with Crippen LogP contribution in [0.3, 0.4) is 0 Å². The van der Waals surface area contributed by atoms with Gasteiger partial charge in [-0.3, -0.25) is 5.32 Å². The zero-order valence-electron chi connectivity index (χ0n) is 9.82. The van der Waals surface area contributed by atoms with Crippen molar-refractivity contribution in [3.8, 4) is 0 Å². The number of carbonyl (C=O) groups is 1. The molecule has 0 aliphatic heterocycles. The number of carboxylic acid groups (broad SMARTS) is 1. The predicted octanol–water partition coefficient (Wildman–Crippen LogP) is 3.01. The van der Waals surface area contributed by atoms with Crippen molar-refractivity contribution in [1.82, 2.24) is 9.38 Å². The minimum absolute atomic E-state index is 0.0771. The molecule has 0 aliphatic carbocycles. The van der Waals surface area contributed by atoms with Crippen molar-refractivity contribution in [2.24, 2.45) is 0 Å². The SMILES string of the molecule is CCc1c(NC(=O)O)nc2c(C(F)(F)F)cccn12. The van der Waals surface area contributed by atoms with Crippen molar-refractivity contribution in [2.45, 2.75) is 19.5 Å². The molecule has 2 N–H and O–H groups in total. The molecule has 0 aliphatic rings. The highest BCUT2D eigenvalue weighted by Gasteiger charge is 2.34. The van der Waals surface area contributed by atoms with Crippen molar-refractivity contribution in [1.29, 1.82) is 0 Å². The summed E-state index contributed by atoms with van der Waals surface area (Å²) in [5.41, 5.74) is -0.831. The van der Waals surface area contributed by atoms with Crippen LogP contribution in [0.15, 0.2) is 18.3 Å². The van der Waals surface area contributed by atoms with E-state index in [4.69, 9.17) is 5.11 Å². The van der Waals surface area contributed by atoms with E-state index in [1.807, 2.05) is 5.32 Å². The molecular formula is C11H10F3N3O2. The highest BCUT2D eigenvalue weighted by atomic mass is 19.4. The van der Waals surface area contributed by atoms with Gasteiger partial charge in [0.15, 0.2) is 11.5 Å². The van der Waals surface area contributed by atoms with Crippen molar-refractivity contribution in [3.05, 3.63) is 29.6 Å². The summed E-state index contributed by atoms with van der Waals surface area (Å²) in [5.74, 6) is -0.0771. The molecule has 0 aromatic carbocycles. The largest absolute Gasteiger partial charge is 0.465 e. The van der Waals surface area contributed by atoms with E-state index in [2.05, 4.69) is 4.98 Å². The van der Waals surface area contributed by atoms with Gasteiger partial charge in [0.05, 0.1) is 11.3 Å². The summed E-state index contributed by atoms with van der Waals surface area (Å²) in [4.78, 5) is 14.4. The number of nitrogens with zero attached hydrogens (tertiary/aromatic N) is 2. The topological polar surface area (TPSA) is 66.6 Å². The number of pyridine rings is 1. The molecule has 1 amide bonds. The molecule has 0 unspecified atom stereocenters. The lowest BCUT2D eigenvalue weighted by Gasteiger charge is -2.07. The Labute approximate surface area is 105 Å². The van der Waals surface area contributed by atoms with Gasteiger partial charge in [-0.1, -0.05) is 6.92 Å². The predicted molar refractivity (Wildman–Crippen MR) is 61.2 cm³/mol. The quantitative estimate of drug-likeness (QED) is 0.883. The maximum Gasteiger partial charge on any atom is 0.419 e. The standard InChI is InChI=1S/C11H10F3N3O2/c1-2-7-8(16-10(18)19)15-9-6(11(12,13)14)4-3-5-17(7)9/h3-5,16H,2H2,1H3,(H,18,19). The van der Waals surface area contributed by atoms with Crippen molar-refractivity contribution in [3.63, 3.8) is 0 Å². The van der Waals surface area contributed by atoms with Gasteiger partial charge >= 0.3 is 12.3 Å². The van der Waals surface area contributed by atoms with E-state index < -0.39 is 17.8 Å². The van der Waals surface area contributed by atoms with Crippen LogP contribution in [0.5, 0.6) is 0 Å². The monoisotopic (exact) mass is 273 g/mol. The number of anilines is 1. The molecule has 0 radical (unpaired) electrons. The average molecular weight is 273 g/mol. The van der Waals surface area contributed by atoms with E-state index in [1.165, 1.54) is 16.7 Å². The molecule has 5 nitrogen and oxygen atoms in total. The second-order valence-corrected chi connectivity index (χ2v) is 3.80. The molecule has 102 valence electrons. The van der Waals surface area contributed by atoms with Crippen molar-refractivity contribution >= 4 is 17.6 Å². The van der Waals surface area contributed by atoms with Gasteiger partial charge in [0.25, 0.3) is 0 Å². The second-order valence-electron chi connectivity index (χ2n) is 3.80. The number of hydrogen-bond acceptors (Lipinski definition) is 2. The zero-order valence-corrected chi connectivity index (χ0v) is 9.82. The first kappa shape index (κ1) is 13.2. The molecule has 2 aromatic heterocycles. The molecule has 0 fully saturated rings. The number of fused-ring (bicyclic) bond motifs is 1. The van der Waals surface area contributed by atoms with Crippen LogP contribution in [0.25, 0.3) is 5.65 Å². The Morgan fingerprint density at radius 2 is 2.21 bits per heavy atom. The lowest BCUT2D eigenvalue weighted by atomic mass is 10.2. The van der Waals surface area contributed by atoms with E-state index in [1.54, 1.807) is 6.92 Å². The van der Waals surface area contributed by atoms with E-state index in [0.29, 0.717) is 12.1 Å². The van der Waals surface area contributed by atoms with E-state index in [0.717, 1.165) is 6.07 Å². The second kappa shape index (κ2) is 4.45. The van der Waals surface area contributed by atoms with Crippen LogP contribution in [-0.4, -0.2) is 20.6 Å². The Bertz CT molecular complexity index is 634. The van der Waals surface area contributed by atoms with Crippen LogP contribution in [0.1, 0.15) is 18.2 Å². The fourth-order valence-corrected chi connectivity index (χ4v) is 1.88. The summed E-state index contributed by atoms with van der Waals surface area (Å²) in [6.07, 6.45) is -4.15. The Morgan fingerprint density at radius 1 is 1.53 bits per heavy atom. The molecule has 0 saturated carbocycles. The molecular weight excluding hydrogens is 263 g/mol. The molecule has 8 heteroatoms. The number of aromatic nitrogens is 2. The third kappa shape index (κ3) is 2.33. The van der Waals surface area contributed by atoms with Crippen LogP contribution in [0.2, 0.25) is 0 Å². The number of hydrogen-bond donors (Lipinski definition) is 2. The Kier molecular flexibility index (Phi) is 3.09. The van der Waals surface area contributed by atoms with E-state index in [9.17, 15) is 18.0 Å².